The molecule has 8 nitrogen and oxygen atoms in total. The molecule has 3 heterocycles. The maximum Gasteiger partial charge on any atom is 0.415 e. The van der Waals surface area contributed by atoms with E-state index in [4.69, 9.17) is 9.84 Å². The van der Waals surface area contributed by atoms with Crippen molar-refractivity contribution in [2.45, 2.75) is 31.4 Å². The fraction of sp³-hybridized carbons (Fsp3) is 0.320. The molecular formula is C25H28N4O4. The molecule has 2 aliphatic rings. The molecule has 0 aliphatic carbocycles. The van der Waals surface area contributed by atoms with Gasteiger partial charge in [0, 0.05) is 55.8 Å². The summed E-state index contributed by atoms with van der Waals surface area (Å²) < 4.78 is 5.83. The number of anilines is 1. The Labute approximate surface area is 192 Å². The smallest absolute Gasteiger partial charge is 0.415 e. The summed E-state index contributed by atoms with van der Waals surface area (Å²) in [4.78, 5) is 27.6. The Kier molecular flexibility index (Phi) is 6.74. The van der Waals surface area contributed by atoms with E-state index in [0.29, 0.717) is 12.2 Å². The number of likely N-dealkylation sites (tertiary alicyclic amines) is 1. The van der Waals surface area contributed by atoms with Crippen molar-refractivity contribution >= 4 is 17.7 Å². The van der Waals surface area contributed by atoms with Crippen LogP contribution >= 0.6 is 0 Å². The van der Waals surface area contributed by atoms with Gasteiger partial charge in [0.15, 0.2) is 0 Å². The predicted molar refractivity (Wildman–Crippen MR) is 125 cm³/mol. The number of aromatic amines is 1. The summed E-state index contributed by atoms with van der Waals surface area (Å²) in [7, 11) is 0. The number of allylic oxidation sites excluding steroid dienone is 5. The maximum absolute atomic E-state index is 12.6. The number of carbonyl (C=O) groups excluding carboxylic acids is 1. The number of piperidine rings is 1. The molecule has 2 N–H and O–H groups in total. The monoisotopic (exact) mass is 448 g/mol. The predicted octanol–water partition coefficient (Wildman–Crippen LogP) is 3.94. The standard InChI is InChI=1S/C25H28N4O4/c1-2-3-4-5-6-7-22-20(16-26-27-22)17-28-14-12-25(13-15-28)18-29(24(32)33-25)21-10-8-19(9-11-21)23(30)31/h2-6,8-11,16H,1,7,12-15,17-18H2,(H,26,27)(H,30,31)/b4-3-,6-5-. The van der Waals surface area contributed by atoms with E-state index in [1.165, 1.54) is 17.7 Å². The molecule has 2 fully saturated rings. The van der Waals surface area contributed by atoms with Gasteiger partial charge >= 0.3 is 12.1 Å². The number of hydrogen-bond acceptors (Lipinski definition) is 5. The highest BCUT2D eigenvalue weighted by Crippen LogP contribution is 2.36. The summed E-state index contributed by atoms with van der Waals surface area (Å²) in [5.74, 6) is -0.990. The van der Waals surface area contributed by atoms with E-state index in [2.05, 4.69) is 27.8 Å². The van der Waals surface area contributed by atoms with Crippen LogP contribution in [0, 0.1) is 0 Å². The lowest BCUT2D eigenvalue weighted by Gasteiger charge is -2.37. The van der Waals surface area contributed by atoms with Gasteiger partial charge in [-0.1, -0.05) is 37.0 Å². The Hall–Kier alpha value is -3.65. The molecule has 0 atom stereocenters. The first-order valence-corrected chi connectivity index (χ1v) is 11.0. The van der Waals surface area contributed by atoms with Gasteiger partial charge < -0.3 is 9.84 Å². The van der Waals surface area contributed by atoms with Crippen molar-refractivity contribution < 1.29 is 19.4 Å². The molecule has 33 heavy (non-hydrogen) atoms. The third-order valence-corrected chi connectivity index (χ3v) is 6.18. The van der Waals surface area contributed by atoms with Crippen LogP contribution in [-0.2, 0) is 17.7 Å². The molecule has 4 rings (SSSR count). The highest BCUT2D eigenvalue weighted by molar-refractivity contribution is 5.92. The van der Waals surface area contributed by atoms with Crippen LogP contribution in [0.2, 0.25) is 0 Å². The second kappa shape index (κ2) is 9.87. The number of amides is 1. The van der Waals surface area contributed by atoms with Crippen molar-refractivity contribution in [3.05, 3.63) is 84.2 Å². The number of H-pyrrole nitrogens is 1. The van der Waals surface area contributed by atoms with Crippen LogP contribution < -0.4 is 4.90 Å². The van der Waals surface area contributed by atoms with Gasteiger partial charge in [0.1, 0.15) is 5.60 Å². The first-order chi connectivity index (χ1) is 16.0. The average molecular weight is 449 g/mol. The third kappa shape index (κ3) is 5.23. The number of carboxylic acid groups (broad SMARTS) is 1. The summed E-state index contributed by atoms with van der Waals surface area (Å²) in [6.07, 6.45) is 13.4. The summed E-state index contributed by atoms with van der Waals surface area (Å²) in [5, 5.41) is 16.4. The van der Waals surface area contributed by atoms with Gasteiger partial charge in [-0.2, -0.15) is 5.10 Å². The quantitative estimate of drug-likeness (QED) is 0.594. The van der Waals surface area contributed by atoms with Crippen molar-refractivity contribution in [1.82, 2.24) is 15.1 Å². The molecule has 2 saturated heterocycles. The number of nitrogens with one attached hydrogen (secondary N) is 1. The van der Waals surface area contributed by atoms with Crippen LogP contribution in [0.25, 0.3) is 0 Å². The van der Waals surface area contributed by atoms with E-state index in [0.717, 1.165) is 44.6 Å². The van der Waals surface area contributed by atoms with E-state index < -0.39 is 11.6 Å². The number of ether oxygens (including phenoxy) is 1. The zero-order valence-electron chi connectivity index (χ0n) is 18.4. The lowest BCUT2D eigenvalue weighted by atomic mass is 9.91. The SMILES string of the molecule is C=C/C=C\C=C/Cc1[nH]ncc1CN1CCC2(CC1)CN(c1ccc(C(=O)O)cc1)C(=O)O2. The van der Waals surface area contributed by atoms with Crippen molar-refractivity contribution in [3.63, 3.8) is 0 Å². The summed E-state index contributed by atoms with van der Waals surface area (Å²) in [6.45, 7) is 6.57. The molecule has 1 amide bonds. The molecular weight excluding hydrogens is 420 g/mol. The highest BCUT2D eigenvalue weighted by atomic mass is 16.6. The molecule has 0 unspecified atom stereocenters. The lowest BCUT2D eigenvalue weighted by Crippen LogP contribution is -2.46. The third-order valence-electron chi connectivity index (χ3n) is 6.18. The Morgan fingerprint density at radius 1 is 1.21 bits per heavy atom. The molecule has 0 saturated carbocycles. The largest absolute Gasteiger partial charge is 0.478 e. The van der Waals surface area contributed by atoms with Crippen LogP contribution in [0.15, 0.2) is 67.4 Å². The van der Waals surface area contributed by atoms with Crippen molar-refractivity contribution in [2.24, 2.45) is 0 Å². The van der Waals surface area contributed by atoms with Gasteiger partial charge in [-0.15, -0.1) is 0 Å². The highest BCUT2D eigenvalue weighted by Gasteiger charge is 2.47. The zero-order valence-corrected chi connectivity index (χ0v) is 18.4. The number of aromatic nitrogens is 2. The Bertz CT molecular complexity index is 1060. The fourth-order valence-electron chi connectivity index (χ4n) is 4.28. The average Bonchev–Trinajstić information content (AvgIpc) is 3.39. The molecule has 0 bridgehead atoms. The number of benzene rings is 1. The lowest BCUT2D eigenvalue weighted by molar-refractivity contribution is -0.00101. The molecule has 1 spiro atoms. The minimum Gasteiger partial charge on any atom is -0.478 e. The second-order valence-electron chi connectivity index (χ2n) is 8.39. The minimum absolute atomic E-state index is 0.191. The number of hydrogen-bond donors (Lipinski definition) is 2. The van der Waals surface area contributed by atoms with E-state index >= 15 is 0 Å². The minimum atomic E-state index is -0.990. The first-order valence-electron chi connectivity index (χ1n) is 11.0. The van der Waals surface area contributed by atoms with Gasteiger partial charge in [-0.25, -0.2) is 9.59 Å². The van der Waals surface area contributed by atoms with Crippen molar-refractivity contribution in [1.29, 1.82) is 0 Å². The van der Waals surface area contributed by atoms with Gasteiger partial charge in [0.2, 0.25) is 0 Å². The number of nitrogens with zero attached hydrogens (tertiary/aromatic N) is 3. The van der Waals surface area contributed by atoms with E-state index in [-0.39, 0.29) is 11.7 Å². The molecule has 1 aromatic heterocycles. The fourth-order valence-corrected chi connectivity index (χ4v) is 4.28. The van der Waals surface area contributed by atoms with Gasteiger partial charge in [0.25, 0.3) is 0 Å². The van der Waals surface area contributed by atoms with Crippen molar-refractivity contribution in [3.8, 4) is 0 Å². The summed E-state index contributed by atoms with van der Waals surface area (Å²) >= 11 is 0. The Morgan fingerprint density at radius 3 is 2.67 bits per heavy atom. The van der Waals surface area contributed by atoms with Crippen LogP contribution in [0.5, 0.6) is 0 Å². The van der Waals surface area contributed by atoms with Crippen LogP contribution in [0.1, 0.15) is 34.5 Å². The van der Waals surface area contributed by atoms with E-state index in [1.54, 1.807) is 23.1 Å². The number of carboxylic acids is 1. The van der Waals surface area contributed by atoms with Crippen LogP contribution in [0.4, 0.5) is 10.5 Å². The molecule has 8 heteroatoms. The number of aromatic carboxylic acids is 1. The number of carbonyl (C=O) groups is 2. The topological polar surface area (TPSA) is 98.8 Å². The normalized spacial score (nSPS) is 18.4. The zero-order chi connectivity index (χ0) is 23.3. The van der Waals surface area contributed by atoms with Gasteiger partial charge in [-0.05, 0) is 24.3 Å². The van der Waals surface area contributed by atoms with Crippen LogP contribution in [0.3, 0.4) is 0 Å². The Morgan fingerprint density at radius 2 is 1.97 bits per heavy atom. The first kappa shape index (κ1) is 22.5. The number of rotatable bonds is 8. The summed E-state index contributed by atoms with van der Waals surface area (Å²) in [6, 6.07) is 6.32. The van der Waals surface area contributed by atoms with E-state index in [9.17, 15) is 9.59 Å². The molecule has 0 radical (unpaired) electrons. The van der Waals surface area contributed by atoms with E-state index in [1.807, 2.05) is 24.4 Å². The molecule has 2 aromatic rings. The second-order valence-corrected chi connectivity index (χ2v) is 8.39. The van der Waals surface area contributed by atoms with Crippen LogP contribution in [-0.4, -0.2) is 57.5 Å². The van der Waals surface area contributed by atoms with Crippen molar-refractivity contribution in [2.75, 3.05) is 24.5 Å². The molecule has 172 valence electrons. The van der Waals surface area contributed by atoms with Gasteiger partial charge in [0.05, 0.1) is 18.3 Å². The molecule has 2 aliphatic heterocycles. The van der Waals surface area contributed by atoms with Gasteiger partial charge in [-0.3, -0.25) is 14.9 Å². The molecule has 1 aromatic carbocycles. The maximum atomic E-state index is 12.6. The summed E-state index contributed by atoms with van der Waals surface area (Å²) in [5.41, 5.74) is 2.62. The Balaban J connectivity index is 1.33.